The fourth-order valence-electron chi connectivity index (χ4n) is 2.83. The minimum atomic E-state index is -0.887. The fourth-order valence-corrected chi connectivity index (χ4v) is 2.94. The molecule has 1 aromatic heterocycles. The third-order valence-electron chi connectivity index (χ3n) is 4.59. The maximum absolute atomic E-state index is 12.4. The predicted molar refractivity (Wildman–Crippen MR) is 119 cm³/mol. The van der Waals surface area contributed by atoms with Crippen molar-refractivity contribution >= 4 is 23.7 Å². The molecule has 1 heterocycles. The van der Waals surface area contributed by atoms with E-state index in [0.717, 1.165) is 42.3 Å². The summed E-state index contributed by atoms with van der Waals surface area (Å²) in [5, 5.41) is 11.5. The van der Waals surface area contributed by atoms with Crippen LogP contribution in [0.4, 0.5) is 4.79 Å². The number of carbonyl (C=O) groups is 2. The van der Waals surface area contributed by atoms with Crippen molar-refractivity contribution in [1.82, 2.24) is 14.8 Å². The van der Waals surface area contributed by atoms with Crippen LogP contribution in [0.15, 0.2) is 30.4 Å². The highest BCUT2D eigenvalue weighted by Crippen LogP contribution is 2.16. The van der Waals surface area contributed by atoms with Crippen LogP contribution in [0.25, 0.3) is 0 Å². The zero-order valence-corrected chi connectivity index (χ0v) is 19.5. The Kier molecular flexibility index (Phi) is 12.7. The van der Waals surface area contributed by atoms with Crippen molar-refractivity contribution in [2.24, 2.45) is 0 Å². The maximum atomic E-state index is 12.4. The highest BCUT2D eigenvalue weighted by atomic mass is 35.5. The lowest BCUT2D eigenvalue weighted by Crippen LogP contribution is -2.37. The fraction of sp³-hybridized carbons (Fsp3) is 0.571. The second-order valence-electron chi connectivity index (χ2n) is 7.04. The minimum Gasteiger partial charge on any atom is -0.428 e. The molecule has 0 aliphatic rings. The molecule has 0 saturated heterocycles. The van der Waals surface area contributed by atoms with E-state index in [1.54, 1.807) is 30.2 Å². The second kappa shape index (κ2) is 15.0. The Morgan fingerprint density at radius 3 is 2.50 bits per heavy atom. The topological polar surface area (TPSA) is 115 Å². The van der Waals surface area contributed by atoms with E-state index in [4.69, 9.17) is 21.1 Å². The van der Waals surface area contributed by atoms with Crippen molar-refractivity contribution < 1.29 is 24.0 Å². The normalized spacial score (nSPS) is 11.1. The van der Waals surface area contributed by atoms with Gasteiger partial charge in [-0.3, -0.25) is 19.8 Å². The highest BCUT2D eigenvalue weighted by molar-refractivity contribution is 6.29. The molecule has 0 spiro atoms. The maximum Gasteiger partial charge on any atom is 0.418 e. The minimum absolute atomic E-state index is 0.0136. The molecule has 0 unspecified atom stereocenters. The van der Waals surface area contributed by atoms with Gasteiger partial charge >= 0.3 is 12.1 Å². The quantitative estimate of drug-likeness (QED) is 0.0969. The summed E-state index contributed by atoms with van der Waals surface area (Å²) in [5.74, 6) is -0.442. The number of aromatic nitrogens is 1. The van der Waals surface area contributed by atoms with Gasteiger partial charge in [-0.2, -0.15) is 0 Å². The van der Waals surface area contributed by atoms with Crippen molar-refractivity contribution in [3.8, 4) is 0 Å². The molecule has 0 aromatic carbocycles. The molecule has 178 valence electrons. The zero-order valence-electron chi connectivity index (χ0n) is 18.8. The monoisotopic (exact) mass is 470 g/mol. The average Bonchev–Trinajstić information content (AvgIpc) is 2.76. The molecular formula is C21H31ClN4O6. The molecule has 0 atom stereocenters. The Balaban J connectivity index is 2.64. The van der Waals surface area contributed by atoms with Gasteiger partial charge in [-0.05, 0) is 25.0 Å². The average molecular weight is 471 g/mol. The number of esters is 1. The van der Waals surface area contributed by atoms with E-state index in [1.165, 1.54) is 7.05 Å². The van der Waals surface area contributed by atoms with E-state index >= 15 is 0 Å². The van der Waals surface area contributed by atoms with Crippen molar-refractivity contribution in [3.63, 3.8) is 0 Å². The van der Waals surface area contributed by atoms with E-state index in [1.807, 2.05) is 0 Å². The SMILES string of the molecule is CCCCCCCC(=O)OCOC(=O)N(C)/C(=C/[N+](=O)[O-])N(CC)Cc1ccc(Cl)nc1. The molecule has 0 saturated carbocycles. The Hall–Kier alpha value is -2.88. The number of unbranched alkanes of at least 4 members (excludes halogenated alkanes) is 4. The summed E-state index contributed by atoms with van der Waals surface area (Å²) < 4.78 is 9.89. The predicted octanol–water partition coefficient (Wildman–Crippen LogP) is 4.56. The van der Waals surface area contributed by atoms with Gasteiger partial charge in [-0.25, -0.2) is 9.78 Å². The third-order valence-corrected chi connectivity index (χ3v) is 4.82. The van der Waals surface area contributed by atoms with Gasteiger partial charge < -0.3 is 14.4 Å². The number of ether oxygens (including phenoxy) is 2. The number of nitro groups is 1. The number of carbonyl (C=O) groups excluding carboxylic acids is 2. The summed E-state index contributed by atoms with van der Waals surface area (Å²) in [6.45, 7) is 3.97. The van der Waals surface area contributed by atoms with E-state index < -0.39 is 23.8 Å². The Labute approximate surface area is 193 Å². The van der Waals surface area contributed by atoms with Gasteiger partial charge in [0.25, 0.3) is 6.20 Å². The summed E-state index contributed by atoms with van der Waals surface area (Å²) in [7, 11) is 1.34. The van der Waals surface area contributed by atoms with E-state index in [0.29, 0.717) is 18.1 Å². The first-order chi connectivity index (χ1) is 15.3. The zero-order chi connectivity index (χ0) is 23.9. The Morgan fingerprint density at radius 2 is 1.91 bits per heavy atom. The van der Waals surface area contributed by atoms with Gasteiger partial charge in [-0.1, -0.05) is 50.3 Å². The molecule has 0 aliphatic carbocycles. The van der Waals surface area contributed by atoms with Crippen molar-refractivity contribution in [2.45, 2.75) is 58.9 Å². The molecule has 1 rings (SSSR count). The number of hydrogen-bond acceptors (Lipinski definition) is 8. The van der Waals surface area contributed by atoms with Crippen LogP contribution in [-0.2, 0) is 20.8 Å². The molecule has 1 amide bonds. The van der Waals surface area contributed by atoms with Gasteiger partial charge in [0.15, 0.2) is 5.82 Å². The summed E-state index contributed by atoms with van der Waals surface area (Å²) in [6.07, 6.45) is 6.60. The lowest BCUT2D eigenvalue weighted by Gasteiger charge is -2.29. The number of hydrogen-bond donors (Lipinski definition) is 0. The Morgan fingerprint density at radius 1 is 1.19 bits per heavy atom. The molecule has 1 aromatic rings. The smallest absolute Gasteiger partial charge is 0.418 e. The lowest BCUT2D eigenvalue weighted by molar-refractivity contribution is -0.405. The van der Waals surface area contributed by atoms with Crippen LogP contribution >= 0.6 is 11.6 Å². The lowest BCUT2D eigenvalue weighted by atomic mass is 10.1. The summed E-state index contributed by atoms with van der Waals surface area (Å²) in [5.41, 5.74) is 0.750. The molecule has 0 aliphatic heterocycles. The summed E-state index contributed by atoms with van der Waals surface area (Å²) in [4.78, 5) is 41.2. The first kappa shape index (κ1) is 27.2. The van der Waals surface area contributed by atoms with Crippen LogP contribution in [0.5, 0.6) is 0 Å². The van der Waals surface area contributed by atoms with Crippen LogP contribution in [-0.4, -0.2) is 52.2 Å². The molecule has 0 radical (unpaired) electrons. The summed E-state index contributed by atoms with van der Waals surface area (Å²) in [6, 6.07) is 3.35. The molecule has 11 heteroatoms. The van der Waals surface area contributed by atoms with E-state index in [2.05, 4.69) is 11.9 Å². The third kappa shape index (κ3) is 10.4. The van der Waals surface area contributed by atoms with Gasteiger partial charge in [0.2, 0.25) is 6.79 Å². The standard InChI is InChI=1S/C21H31ClN4O6/c1-4-6-7-8-9-10-20(27)31-16-32-21(28)24(3)19(15-26(29)30)25(5-2)14-17-11-12-18(22)23-13-17/h11-13,15H,4-10,14,16H2,1-3H3/b19-15-. The van der Waals surface area contributed by atoms with Gasteiger partial charge in [-0.15, -0.1) is 0 Å². The second-order valence-corrected chi connectivity index (χ2v) is 7.43. The van der Waals surface area contributed by atoms with Crippen LogP contribution in [0.3, 0.4) is 0 Å². The highest BCUT2D eigenvalue weighted by Gasteiger charge is 2.24. The Bertz CT molecular complexity index is 772. The molecular weight excluding hydrogens is 440 g/mol. The molecule has 32 heavy (non-hydrogen) atoms. The first-order valence-corrected chi connectivity index (χ1v) is 10.9. The molecule has 0 N–H and O–H groups in total. The van der Waals surface area contributed by atoms with Crippen LogP contribution in [0.2, 0.25) is 5.15 Å². The molecule has 10 nitrogen and oxygen atoms in total. The van der Waals surface area contributed by atoms with Crippen molar-refractivity contribution in [3.05, 3.63) is 51.2 Å². The van der Waals surface area contributed by atoms with Crippen molar-refractivity contribution in [2.75, 3.05) is 20.4 Å². The van der Waals surface area contributed by atoms with Crippen LogP contribution < -0.4 is 0 Å². The summed E-state index contributed by atoms with van der Waals surface area (Å²) >= 11 is 5.79. The molecule has 0 fully saturated rings. The number of nitrogens with zero attached hydrogens (tertiary/aromatic N) is 4. The first-order valence-electron chi connectivity index (χ1n) is 10.5. The van der Waals surface area contributed by atoms with Crippen molar-refractivity contribution in [1.29, 1.82) is 0 Å². The number of rotatable bonds is 14. The molecule has 0 bridgehead atoms. The van der Waals surface area contributed by atoms with Crippen LogP contribution in [0, 0.1) is 10.1 Å². The number of amides is 1. The number of halogens is 1. The van der Waals surface area contributed by atoms with Gasteiger partial charge in [0.1, 0.15) is 5.15 Å². The van der Waals surface area contributed by atoms with E-state index in [-0.39, 0.29) is 18.8 Å². The van der Waals surface area contributed by atoms with Crippen LogP contribution in [0.1, 0.15) is 57.9 Å². The van der Waals surface area contributed by atoms with Gasteiger partial charge in [0, 0.05) is 32.8 Å². The van der Waals surface area contributed by atoms with Gasteiger partial charge in [0.05, 0.1) is 4.92 Å². The number of pyridine rings is 1. The largest absolute Gasteiger partial charge is 0.428 e. The van der Waals surface area contributed by atoms with E-state index in [9.17, 15) is 19.7 Å².